The second-order valence-electron chi connectivity index (χ2n) is 9.08. The molecule has 4 rings (SSSR count). The summed E-state index contributed by atoms with van der Waals surface area (Å²) in [5.74, 6) is -1.86. The fourth-order valence-electron chi connectivity index (χ4n) is 4.39. The van der Waals surface area contributed by atoms with Gasteiger partial charge in [-0.25, -0.2) is 4.99 Å². The van der Waals surface area contributed by atoms with Gasteiger partial charge in [-0.05, 0) is 25.1 Å². The summed E-state index contributed by atoms with van der Waals surface area (Å²) in [4.78, 5) is 69.1. The third kappa shape index (κ3) is 6.29. The molecule has 10 heteroatoms. The number of hydrogen-bond donors (Lipinski definition) is 2. The standard InChI is InChI=1S/C30H28N4O6/c1-19(36)16-21(18-35)31-26(37)17-34-24-14-8-6-12-22(24)27(20-10-4-3-5-11-20)32-28(30(34)39)33-29(38)23-13-7-9-15-25(23)40-2/h3-15,18,21,28H,16-17H2,1-2H3,(H,31,37)(H,33,38)/t21-,28?/m0/s1. The van der Waals surface area contributed by atoms with Gasteiger partial charge in [-0.1, -0.05) is 60.7 Å². The van der Waals surface area contributed by atoms with E-state index in [1.807, 2.05) is 30.3 Å². The molecule has 1 unspecified atom stereocenters. The largest absolute Gasteiger partial charge is 0.496 e. The molecule has 0 bridgehead atoms. The molecule has 2 atom stereocenters. The third-order valence-electron chi connectivity index (χ3n) is 6.19. The Labute approximate surface area is 231 Å². The molecule has 0 fully saturated rings. The van der Waals surface area contributed by atoms with Crippen LogP contribution in [0, 0.1) is 0 Å². The van der Waals surface area contributed by atoms with E-state index in [9.17, 15) is 24.0 Å². The molecule has 3 amide bonds. The molecule has 0 spiro atoms. The van der Waals surface area contributed by atoms with Crippen LogP contribution in [0.1, 0.15) is 34.8 Å². The van der Waals surface area contributed by atoms with Crippen LogP contribution in [0.4, 0.5) is 5.69 Å². The van der Waals surface area contributed by atoms with Crippen LogP contribution in [-0.2, 0) is 19.2 Å². The van der Waals surface area contributed by atoms with Gasteiger partial charge in [-0.2, -0.15) is 0 Å². The number of ketones is 1. The van der Waals surface area contributed by atoms with Gasteiger partial charge in [0.1, 0.15) is 24.4 Å². The van der Waals surface area contributed by atoms with E-state index >= 15 is 0 Å². The van der Waals surface area contributed by atoms with Gasteiger partial charge in [0.2, 0.25) is 12.1 Å². The Morgan fingerprint density at radius 1 is 1.00 bits per heavy atom. The lowest BCUT2D eigenvalue weighted by atomic mass is 10.0. The van der Waals surface area contributed by atoms with E-state index in [-0.39, 0.29) is 17.8 Å². The quantitative estimate of drug-likeness (QED) is 0.379. The van der Waals surface area contributed by atoms with Gasteiger partial charge in [0.05, 0.1) is 30.1 Å². The second-order valence-corrected chi connectivity index (χ2v) is 9.08. The van der Waals surface area contributed by atoms with Crippen LogP contribution >= 0.6 is 0 Å². The molecule has 1 aliphatic rings. The van der Waals surface area contributed by atoms with Gasteiger partial charge in [0.25, 0.3) is 11.8 Å². The number of methoxy groups -OCH3 is 1. The van der Waals surface area contributed by atoms with Crippen molar-refractivity contribution >= 4 is 41.2 Å². The summed E-state index contributed by atoms with van der Waals surface area (Å²) in [6.45, 7) is 0.839. The van der Waals surface area contributed by atoms with Gasteiger partial charge < -0.3 is 20.2 Å². The summed E-state index contributed by atoms with van der Waals surface area (Å²) >= 11 is 0. The van der Waals surface area contributed by atoms with Crippen LogP contribution in [0.5, 0.6) is 5.75 Å². The first kappa shape index (κ1) is 27.9. The maximum absolute atomic E-state index is 13.9. The molecule has 10 nitrogen and oxygen atoms in total. The van der Waals surface area contributed by atoms with E-state index in [1.54, 1.807) is 48.5 Å². The highest BCUT2D eigenvalue weighted by molar-refractivity contribution is 6.21. The van der Waals surface area contributed by atoms with Gasteiger partial charge >= 0.3 is 0 Å². The number of ether oxygens (including phenoxy) is 1. The second kappa shape index (κ2) is 12.6. The number of carbonyl (C=O) groups excluding carboxylic acids is 5. The number of anilines is 1. The fraction of sp³-hybridized carbons (Fsp3) is 0.200. The van der Waals surface area contributed by atoms with E-state index in [2.05, 4.69) is 15.6 Å². The molecule has 0 aliphatic carbocycles. The summed E-state index contributed by atoms with van der Waals surface area (Å²) < 4.78 is 5.30. The highest BCUT2D eigenvalue weighted by atomic mass is 16.5. The van der Waals surface area contributed by atoms with Gasteiger partial charge in [-0.3, -0.25) is 24.1 Å². The molecular weight excluding hydrogens is 512 g/mol. The number of carbonyl (C=O) groups is 5. The number of nitrogens with zero attached hydrogens (tertiary/aromatic N) is 2. The van der Waals surface area contributed by atoms with Gasteiger partial charge in [0.15, 0.2) is 0 Å². The molecule has 0 radical (unpaired) electrons. The van der Waals surface area contributed by atoms with E-state index < -0.39 is 36.5 Å². The summed E-state index contributed by atoms with van der Waals surface area (Å²) in [6.07, 6.45) is -1.09. The minimum atomic E-state index is -1.40. The zero-order valence-electron chi connectivity index (χ0n) is 22.0. The van der Waals surface area contributed by atoms with Gasteiger partial charge in [0, 0.05) is 17.5 Å². The van der Waals surface area contributed by atoms with Crippen molar-refractivity contribution in [2.75, 3.05) is 18.6 Å². The number of fused-ring (bicyclic) bond motifs is 1. The maximum atomic E-state index is 13.9. The predicted molar refractivity (Wildman–Crippen MR) is 148 cm³/mol. The van der Waals surface area contributed by atoms with Crippen LogP contribution in [0.15, 0.2) is 83.9 Å². The predicted octanol–water partition coefficient (Wildman–Crippen LogP) is 2.30. The van der Waals surface area contributed by atoms with Crippen molar-refractivity contribution in [3.05, 3.63) is 95.6 Å². The number of para-hydroxylation sites is 2. The smallest absolute Gasteiger partial charge is 0.272 e. The minimum Gasteiger partial charge on any atom is -0.496 e. The van der Waals surface area contributed by atoms with Crippen molar-refractivity contribution in [3.63, 3.8) is 0 Å². The molecule has 3 aromatic rings. The summed E-state index contributed by atoms with van der Waals surface area (Å²) in [6, 6.07) is 21.7. The zero-order chi connectivity index (χ0) is 28.6. The topological polar surface area (TPSA) is 134 Å². The Hall–Kier alpha value is -5.12. The van der Waals surface area contributed by atoms with Crippen molar-refractivity contribution in [2.24, 2.45) is 4.99 Å². The van der Waals surface area contributed by atoms with E-state index in [0.29, 0.717) is 34.6 Å². The number of aliphatic imine (C=N–C) groups is 1. The van der Waals surface area contributed by atoms with Crippen LogP contribution in [0.3, 0.4) is 0 Å². The molecular formula is C30H28N4O6. The molecule has 1 aliphatic heterocycles. The number of Topliss-reactive ketones (excluding diaryl/α,β-unsaturated/α-hetero) is 1. The molecule has 1 heterocycles. The third-order valence-corrected chi connectivity index (χ3v) is 6.19. The Kier molecular flexibility index (Phi) is 8.80. The average Bonchev–Trinajstić information content (AvgIpc) is 3.07. The molecule has 204 valence electrons. The maximum Gasteiger partial charge on any atom is 0.272 e. The molecule has 0 aromatic heterocycles. The molecule has 0 saturated heterocycles. The van der Waals surface area contributed by atoms with E-state index in [1.165, 1.54) is 18.9 Å². The van der Waals surface area contributed by atoms with Crippen molar-refractivity contribution in [2.45, 2.75) is 25.6 Å². The Bertz CT molecular complexity index is 1470. The molecule has 3 aromatic carbocycles. The highest BCUT2D eigenvalue weighted by Gasteiger charge is 2.35. The Morgan fingerprint density at radius 3 is 2.38 bits per heavy atom. The van der Waals surface area contributed by atoms with E-state index in [0.717, 1.165) is 0 Å². The lowest BCUT2D eigenvalue weighted by Crippen LogP contribution is -2.51. The lowest BCUT2D eigenvalue weighted by Gasteiger charge is -2.25. The number of nitrogens with one attached hydrogen (secondary N) is 2. The fourth-order valence-corrected chi connectivity index (χ4v) is 4.39. The monoisotopic (exact) mass is 540 g/mol. The van der Waals surface area contributed by atoms with E-state index in [4.69, 9.17) is 4.74 Å². The average molecular weight is 541 g/mol. The number of hydrogen-bond acceptors (Lipinski definition) is 7. The lowest BCUT2D eigenvalue weighted by molar-refractivity contribution is -0.126. The van der Waals surface area contributed by atoms with Crippen molar-refractivity contribution < 1.29 is 28.7 Å². The SMILES string of the molecule is COc1ccccc1C(=O)NC1N=C(c2ccccc2)c2ccccc2N(CC(=O)N[C@H](C=O)CC(C)=O)C1=O. The van der Waals surface area contributed by atoms with Crippen LogP contribution in [0.25, 0.3) is 0 Å². The summed E-state index contributed by atoms with van der Waals surface area (Å²) in [7, 11) is 1.43. The minimum absolute atomic E-state index is 0.168. The molecule has 0 saturated carbocycles. The first-order chi connectivity index (χ1) is 19.3. The Morgan fingerprint density at radius 2 is 1.68 bits per heavy atom. The van der Waals surface area contributed by atoms with Crippen molar-refractivity contribution in [1.29, 1.82) is 0 Å². The normalized spacial score (nSPS) is 15.2. The number of rotatable bonds is 10. The number of amides is 3. The Balaban J connectivity index is 1.75. The number of benzene rings is 3. The van der Waals surface area contributed by atoms with Gasteiger partial charge in [-0.15, -0.1) is 0 Å². The summed E-state index contributed by atoms with van der Waals surface area (Å²) in [5.41, 5.74) is 2.32. The van der Waals surface area contributed by atoms with Crippen LogP contribution < -0.4 is 20.3 Å². The van der Waals surface area contributed by atoms with Crippen LogP contribution in [-0.4, -0.2) is 61.4 Å². The first-order valence-corrected chi connectivity index (χ1v) is 12.5. The summed E-state index contributed by atoms with van der Waals surface area (Å²) in [5, 5.41) is 5.18. The zero-order valence-corrected chi connectivity index (χ0v) is 22.0. The molecule has 2 N–H and O–H groups in total. The van der Waals surface area contributed by atoms with Crippen molar-refractivity contribution in [1.82, 2.24) is 10.6 Å². The number of aldehydes is 1. The number of benzodiazepines with no additional fused rings is 1. The first-order valence-electron chi connectivity index (χ1n) is 12.5. The van der Waals surface area contributed by atoms with Crippen molar-refractivity contribution in [3.8, 4) is 5.75 Å². The van der Waals surface area contributed by atoms with Crippen LogP contribution in [0.2, 0.25) is 0 Å². The molecule has 40 heavy (non-hydrogen) atoms. The highest BCUT2D eigenvalue weighted by Crippen LogP contribution is 2.28.